The van der Waals surface area contributed by atoms with Gasteiger partial charge in [-0.15, -0.1) is 38.0 Å². The Morgan fingerprint density at radius 3 is 1.36 bits per heavy atom. The SMILES string of the molecule is C=CCNC(=O)C(C)(C)N=NC(C)(C)C(=O)NCC=C.Cl.Cl. The van der Waals surface area contributed by atoms with Crippen LogP contribution in [0.15, 0.2) is 35.5 Å². The lowest BCUT2D eigenvalue weighted by molar-refractivity contribution is -0.127. The van der Waals surface area contributed by atoms with Gasteiger partial charge in [-0.2, -0.15) is 10.2 Å². The van der Waals surface area contributed by atoms with Gasteiger partial charge >= 0.3 is 0 Å². The second-order valence-electron chi connectivity index (χ2n) is 5.32. The maximum absolute atomic E-state index is 11.9. The van der Waals surface area contributed by atoms with Crippen molar-refractivity contribution < 1.29 is 9.59 Å². The molecule has 128 valence electrons. The number of rotatable bonds is 8. The second-order valence-corrected chi connectivity index (χ2v) is 5.32. The molecule has 0 spiro atoms. The van der Waals surface area contributed by atoms with Gasteiger partial charge in [0.2, 0.25) is 11.8 Å². The summed E-state index contributed by atoms with van der Waals surface area (Å²) >= 11 is 0. The average molecular weight is 353 g/mol. The van der Waals surface area contributed by atoms with Gasteiger partial charge in [-0.05, 0) is 27.7 Å². The Balaban J connectivity index is -0.00000180. The van der Waals surface area contributed by atoms with Gasteiger partial charge in [0.1, 0.15) is 0 Å². The van der Waals surface area contributed by atoms with Crippen molar-refractivity contribution in [3.8, 4) is 0 Å². The summed E-state index contributed by atoms with van der Waals surface area (Å²) in [5.41, 5.74) is -2.09. The van der Waals surface area contributed by atoms with Crippen molar-refractivity contribution in [2.45, 2.75) is 38.8 Å². The number of nitrogens with zero attached hydrogens (tertiary/aromatic N) is 2. The molecule has 0 aliphatic carbocycles. The van der Waals surface area contributed by atoms with Gasteiger partial charge in [-0.1, -0.05) is 12.2 Å². The van der Waals surface area contributed by atoms with Crippen LogP contribution in [0.25, 0.3) is 0 Å². The third kappa shape index (κ3) is 8.79. The monoisotopic (exact) mass is 352 g/mol. The van der Waals surface area contributed by atoms with Crippen molar-refractivity contribution >= 4 is 36.6 Å². The molecule has 0 unspecified atom stereocenters. The molecule has 0 saturated heterocycles. The van der Waals surface area contributed by atoms with E-state index in [2.05, 4.69) is 34.0 Å². The van der Waals surface area contributed by atoms with E-state index in [0.717, 1.165) is 0 Å². The van der Waals surface area contributed by atoms with Crippen molar-refractivity contribution in [3.05, 3.63) is 25.3 Å². The highest BCUT2D eigenvalue weighted by Crippen LogP contribution is 2.16. The van der Waals surface area contributed by atoms with E-state index in [9.17, 15) is 9.59 Å². The zero-order valence-corrected chi connectivity index (χ0v) is 15.1. The van der Waals surface area contributed by atoms with Gasteiger partial charge in [-0.25, -0.2) is 0 Å². The lowest BCUT2D eigenvalue weighted by Crippen LogP contribution is -2.43. The Hall–Kier alpha value is -1.40. The summed E-state index contributed by atoms with van der Waals surface area (Å²) < 4.78 is 0. The Bertz CT molecular complexity index is 383. The number of halogens is 2. The van der Waals surface area contributed by atoms with Gasteiger partial charge in [-0.3, -0.25) is 9.59 Å². The summed E-state index contributed by atoms with van der Waals surface area (Å²) in [5, 5.41) is 13.3. The molecule has 22 heavy (non-hydrogen) atoms. The summed E-state index contributed by atoms with van der Waals surface area (Å²) in [6.45, 7) is 14.3. The molecule has 0 rings (SSSR count). The fraction of sp³-hybridized carbons (Fsp3) is 0.571. The summed E-state index contributed by atoms with van der Waals surface area (Å²) in [4.78, 5) is 23.7. The van der Waals surface area contributed by atoms with E-state index >= 15 is 0 Å². The molecule has 0 bridgehead atoms. The summed E-state index contributed by atoms with van der Waals surface area (Å²) in [6, 6.07) is 0. The molecule has 2 amide bonds. The van der Waals surface area contributed by atoms with Crippen LogP contribution in [0, 0.1) is 0 Å². The van der Waals surface area contributed by atoms with E-state index in [0.29, 0.717) is 13.1 Å². The molecule has 0 radical (unpaired) electrons. The number of hydrogen-bond donors (Lipinski definition) is 2. The molecule has 0 aliphatic rings. The molecule has 0 aromatic rings. The molecule has 0 atom stereocenters. The minimum atomic E-state index is -1.04. The highest BCUT2D eigenvalue weighted by molar-refractivity contribution is 5.87. The van der Waals surface area contributed by atoms with Crippen LogP contribution < -0.4 is 10.6 Å². The first-order valence-corrected chi connectivity index (χ1v) is 6.40. The molecule has 2 N–H and O–H groups in total. The first-order valence-electron chi connectivity index (χ1n) is 6.40. The highest BCUT2D eigenvalue weighted by Gasteiger charge is 2.31. The van der Waals surface area contributed by atoms with E-state index < -0.39 is 11.1 Å². The number of nitrogens with one attached hydrogen (secondary N) is 2. The summed E-state index contributed by atoms with van der Waals surface area (Å²) in [5.74, 6) is -0.549. The van der Waals surface area contributed by atoms with E-state index in [-0.39, 0.29) is 36.6 Å². The van der Waals surface area contributed by atoms with E-state index in [1.165, 1.54) is 0 Å². The van der Waals surface area contributed by atoms with Crippen molar-refractivity contribution in [1.29, 1.82) is 0 Å². The lowest BCUT2D eigenvalue weighted by Gasteiger charge is -2.21. The van der Waals surface area contributed by atoms with Crippen LogP contribution in [-0.2, 0) is 9.59 Å². The minimum Gasteiger partial charge on any atom is -0.350 e. The molecule has 0 saturated carbocycles. The minimum absolute atomic E-state index is 0. The Morgan fingerprint density at radius 2 is 1.14 bits per heavy atom. The van der Waals surface area contributed by atoms with E-state index in [1.54, 1.807) is 39.8 Å². The summed E-state index contributed by atoms with van der Waals surface area (Å²) in [6.07, 6.45) is 3.16. The second kappa shape index (κ2) is 11.2. The number of azo groups is 1. The first kappa shape index (κ1) is 25.5. The predicted octanol–water partition coefficient (Wildman–Crippen LogP) is 2.44. The average Bonchev–Trinajstić information content (AvgIpc) is 2.39. The van der Waals surface area contributed by atoms with Gasteiger partial charge in [0.25, 0.3) is 0 Å². The maximum Gasteiger partial charge on any atom is 0.249 e. The number of amides is 2. The standard InChI is InChI=1S/C14H24N4O2.2ClH/c1-7-9-15-11(19)13(3,4)17-18-14(5,6)12(20)16-10-8-2;;/h7-8H,1-2,9-10H2,3-6H3,(H,15,19)(H,16,20);2*1H. The van der Waals surface area contributed by atoms with E-state index in [1.807, 2.05) is 0 Å². The maximum atomic E-state index is 11.9. The van der Waals surface area contributed by atoms with Crippen LogP contribution in [-0.4, -0.2) is 36.0 Å². The fourth-order valence-corrected chi connectivity index (χ4v) is 1.10. The van der Waals surface area contributed by atoms with Crippen LogP contribution in [0.1, 0.15) is 27.7 Å². The Kier molecular flexibility index (Phi) is 13.0. The Morgan fingerprint density at radius 1 is 0.864 bits per heavy atom. The van der Waals surface area contributed by atoms with Gasteiger partial charge in [0, 0.05) is 13.1 Å². The predicted molar refractivity (Wildman–Crippen MR) is 93.9 cm³/mol. The molecule has 0 aromatic carbocycles. The molecular formula is C14H26Cl2N4O2. The number of carbonyl (C=O) groups excluding carboxylic acids is 2. The van der Waals surface area contributed by atoms with Crippen LogP contribution in [0.2, 0.25) is 0 Å². The molecule has 0 fully saturated rings. The number of carbonyl (C=O) groups is 2. The largest absolute Gasteiger partial charge is 0.350 e. The zero-order valence-electron chi connectivity index (χ0n) is 13.5. The van der Waals surface area contributed by atoms with Gasteiger partial charge in [0.05, 0.1) is 0 Å². The molecular weight excluding hydrogens is 327 g/mol. The van der Waals surface area contributed by atoms with Gasteiger partial charge in [0.15, 0.2) is 11.1 Å². The number of hydrogen-bond acceptors (Lipinski definition) is 4. The van der Waals surface area contributed by atoms with Gasteiger partial charge < -0.3 is 10.6 Å². The van der Waals surface area contributed by atoms with Crippen molar-refractivity contribution in [3.63, 3.8) is 0 Å². The first-order chi connectivity index (χ1) is 9.17. The molecule has 0 aliphatic heterocycles. The molecule has 8 heteroatoms. The van der Waals surface area contributed by atoms with E-state index in [4.69, 9.17) is 0 Å². The molecule has 6 nitrogen and oxygen atoms in total. The smallest absolute Gasteiger partial charge is 0.249 e. The molecule has 0 aromatic heterocycles. The lowest BCUT2D eigenvalue weighted by atomic mass is 10.0. The van der Waals surface area contributed by atoms with Crippen molar-refractivity contribution in [1.82, 2.24) is 10.6 Å². The fourth-order valence-electron chi connectivity index (χ4n) is 1.10. The third-order valence-electron chi connectivity index (χ3n) is 2.48. The summed E-state index contributed by atoms with van der Waals surface area (Å²) in [7, 11) is 0. The Labute approximate surface area is 144 Å². The van der Waals surface area contributed by atoms with Crippen LogP contribution in [0.4, 0.5) is 0 Å². The molecule has 0 heterocycles. The van der Waals surface area contributed by atoms with Crippen LogP contribution in [0.3, 0.4) is 0 Å². The zero-order chi connectivity index (χ0) is 15.8. The van der Waals surface area contributed by atoms with Crippen LogP contribution >= 0.6 is 24.8 Å². The van der Waals surface area contributed by atoms with Crippen molar-refractivity contribution in [2.24, 2.45) is 10.2 Å². The quantitative estimate of drug-likeness (QED) is 0.519. The van der Waals surface area contributed by atoms with Crippen LogP contribution in [0.5, 0.6) is 0 Å². The highest BCUT2D eigenvalue weighted by atomic mass is 35.5. The topological polar surface area (TPSA) is 82.9 Å². The normalized spacial score (nSPS) is 10.9. The third-order valence-corrected chi connectivity index (χ3v) is 2.48. The van der Waals surface area contributed by atoms with Crippen molar-refractivity contribution in [2.75, 3.05) is 13.1 Å².